The van der Waals surface area contributed by atoms with E-state index in [1.165, 1.54) is 0 Å². The summed E-state index contributed by atoms with van der Waals surface area (Å²) in [5.74, 6) is 0. The third-order valence-corrected chi connectivity index (χ3v) is 4.10. The molecule has 2 aromatic rings. The SMILES string of the molecule is CC1(C)OC(c2ccc(-c3ccc[nH]3)[nH]2)OC1(C)C. The molecule has 2 aromatic heterocycles. The number of hydrogen-bond acceptors (Lipinski definition) is 2. The van der Waals surface area contributed by atoms with Crippen LogP contribution >= 0.6 is 0 Å². The predicted octanol–water partition coefficient (Wildman–Crippen LogP) is 3.61. The van der Waals surface area contributed by atoms with Crippen LogP contribution in [0, 0.1) is 0 Å². The van der Waals surface area contributed by atoms with Gasteiger partial charge in [-0.15, -0.1) is 0 Å². The van der Waals surface area contributed by atoms with Crippen LogP contribution in [0.3, 0.4) is 0 Å². The van der Waals surface area contributed by atoms with Gasteiger partial charge in [-0.1, -0.05) is 0 Å². The number of ether oxygens (including phenoxy) is 2. The highest BCUT2D eigenvalue weighted by Gasteiger charge is 2.49. The third-order valence-electron chi connectivity index (χ3n) is 4.10. The van der Waals surface area contributed by atoms with E-state index in [0.717, 1.165) is 17.1 Å². The summed E-state index contributed by atoms with van der Waals surface area (Å²) in [5.41, 5.74) is 2.42. The molecule has 0 aliphatic carbocycles. The molecule has 1 saturated heterocycles. The van der Waals surface area contributed by atoms with Gasteiger partial charge in [0.1, 0.15) is 0 Å². The van der Waals surface area contributed by atoms with Gasteiger partial charge in [0.25, 0.3) is 0 Å². The number of aromatic amines is 2. The Bertz CT molecular complexity index is 551. The lowest BCUT2D eigenvalue weighted by molar-refractivity contribution is -0.0919. The van der Waals surface area contributed by atoms with Gasteiger partial charge < -0.3 is 19.4 Å². The molecule has 19 heavy (non-hydrogen) atoms. The van der Waals surface area contributed by atoms with E-state index in [-0.39, 0.29) is 17.5 Å². The summed E-state index contributed by atoms with van der Waals surface area (Å²) >= 11 is 0. The fourth-order valence-electron chi connectivity index (χ4n) is 2.17. The monoisotopic (exact) mass is 260 g/mol. The standard InChI is InChI=1S/C15H20N2O2/c1-14(2)15(3,4)19-13(18-14)12-8-7-11(17-12)10-6-5-9-16-10/h5-9,13,16-17H,1-4H3. The Morgan fingerprint density at radius 2 is 1.63 bits per heavy atom. The van der Waals surface area contributed by atoms with E-state index in [1.807, 2.05) is 30.5 Å². The third kappa shape index (κ3) is 2.01. The number of rotatable bonds is 2. The molecule has 4 nitrogen and oxygen atoms in total. The van der Waals surface area contributed by atoms with Crippen molar-refractivity contribution in [2.24, 2.45) is 0 Å². The Labute approximate surface area is 113 Å². The summed E-state index contributed by atoms with van der Waals surface area (Å²) in [7, 11) is 0. The molecular weight excluding hydrogens is 240 g/mol. The number of hydrogen-bond donors (Lipinski definition) is 2. The van der Waals surface area contributed by atoms with Gasteiger partial charge in [0.05, 0.1) is 28.3 Å². The van der Waals surface area contributed by atoms with Gasteiger partial charge in [-0.3, -0.25) is 0 Å². The Kier molecular flexibility index (Phi) is 2.62. The maximum atomic E-state index is 6.02. The van der Waals surface area contributed by atoms with Crippen molar-refractivity contribution in [2.75, 3.05) is 0 Å². The molecule has 0 saturated carbocycles. The highest BCUT2D eigenvalue weighted by molar-refractivity contribution is 5.55. The van der Waals surface area contributed by atoms with Crippen LogP contribution in [-0.4, -0.2) is 21.2 Å². The Morgan fingerprint density at radius 1 is 0.947 bits per heavy atom. The van der Waals surface area contributed by atoms with Gasteiger partial charge in [-0.05, 0) is 52.0 Å². The zero-order valence-corrected chi connectivity index (χ0v) is 11.8. The first kappa shape index (κ1) is 12.5. The number of nitrogens with one attached hydrogen (secondary N) is 2. The molecule has 1 aliphatic rings. The molecule has 0 radical (unpaired) electrons. The first-order chi connectivity index (χ1) is 8.89. The molecule has 1 fully saturated rings. The molecule has 0 bridgehead atoms. The lowest BCUT2D eigenvalue weighted by Crippen LogP contribution is -2.41. The summed E-state index contributed by atoms with van der Waals surface area (Å²) in [6.07, 6.45) is 1.57. The predicted molar refractivity (Wildman–Crippen MR) is 73.6 cm³/mol. The van der Waals surface area contributed by atoms with Crippen LogP contribution in [-0.2, 0) is 9.47 Å². The van der Waals surface area contributed by atoms with E-state index >= 15 is 0 Å². The molecule has 102 valence electrons. The van der Waals surface area contributed by atoms with Gasteiger partial charge in [0.2, 0.25) is 0 Å². The van der Waals surface area contributed by atoms with E-state index in [0.29, 0.717) is 0 Å². The average molecular weight is 260 g/mol. The lowest BCUT2D eigenvalue weighted by atomic mass is 9.90. The smallest absolute Gasteiger partial charge is 0.200 e. The van der Waals surface area contributed by atoms with Crippen LogP contribution < -0.4 is 0 Å². The molecule has 0 unspecified atom stereocenters. The fraction of sp³-hybridized carbons (Fsp3) is 0.467. The minimum absolute atomic E-state index is 0.310. The summed E-state index contributed by atoms with van der Waals surface area (Å²) in [5, 5.41) is 0. The summed E-state index contributed by atoms with van der Waals surface area (Å²) in [6, 6.07) is 8.05. The zero-order valence-electron chi connectivity index (χ0n) is 11.8. The van der Waals surface area contributed by atoms with Crippen LogP contribution in [0.25, 0.3) is 11.4 Å². The Hall–Kier alpha value is -1.52. The van der Waals surface area contributed by atoms with E-state index in [4.69, 9.17) is 9.47 Å². The number of aromatic nitrogens is 2. The number of H-pyrrole nitrogens is 2. The van der Waals surface area contributed by atoms with Crippen molar-refractivity contribution >= 4 is 0 Å². The normalized spacial score (nSPS) is 21.9. The van der Waals surface area contributed by atoms with Crippen molar-refractivity contribution < 1.29 is 9.47 Å². The highest BCUT2D eigenvalue weighted by Crippen LogP contribution is 2.44. The topological polar surface area (TPSA) is 50.0 Å². The highest BCUT2D eigenvalue weighted by atomic mass is 16.7. The maximum Gasteiger partial charge on any atom is 0.200 e. The zero-order chi connectivity index (χ0) is 13.7. The van der Waals surface area contributed by atoms with E-state index < -0.39 is 0 Å². The van der Waals surface area contributed by atoms with Crippen LogP contribution in [0.4, 0.5) is 0 Å². The van der Waals surface area contributed by atoms with Crippen LogP contribution in [0.5, 0.6) is 0 Å². The van der Waals surface area contributed by atoms with E-state index in [2.05, 4.69) is 37.7 Å². The van der Waals surface area contributed by atoms with E-state index in [1.54, 1.807) is 0 Å². The lowest BCUT2D eigenvalue weighted by Gasteiger charge is -2.30. The fourth-order valence-corrected chi connectivity index (χ4v) is 2.17. The van der Waals surface area contributed by atoms with Gasteiger partial charge in [-0.25, -0.2) is 0 Å². The van der Waals surface area contributed by atoms with E-state index in [9.17, 15) is 0 Å². The van der Waals surface area contributed by atoms with Crippen molar-refractivity contribution in [2.45, 2.75) is 45.2 Å². The molecule has 4 heteroatoms. The summed E-state index contributed by atoms with van der Waals surface area (Å²) in [6.45, 7) is 8.23. The Balaban J connectivity index is 1.85. The summed E-state index contributed by atoms with van der Waals surface area (Å²) < 4.78 is 12.0. The second-order valence-corrected chi connectivity index (χ2v) is 6.00. The molecule has 0 amide bonds. The van der Waals surface area contributed by atoms with Crippen molar-refractivity contribution in [3.05, 3.63) is 36.2 Å². The van der Waals surface area contributed by atoms with Gasteiger partial charge in [-0.2, -0.15) is 0 Å². The van der Waals surface area contributed by atoms with Crippen LogP contribution in [0.1, 0.15) is 39.7 Å². The van der Waals surface area contributed by atoms with Crippen molar-refractivity contribution in [1.29, 1.82) is 0 Å². The first-order valence-electron chi connectivity index (χ1n) is 6.57. The van der Waals surface area contributed by atoms with Gasteiger partial charge >= 0.3 is 0 Å². The molecule has 0 spiro atoms. The maximum absolute atomic E-state index is 6.02. The molecule has 0 aromatic carbocycles. The summed E-state index contributed by atoms with van der Waals surface area (Å²) in [4.78, 5) is 6.53. The molecule has 2 N–H and O–H groups in total. The minimum Gasteiger partial charge on any atom is -0.360 e. The second kappa shape index (κ2) is 3.99. The van der Waals surface area contributed by atoms with Crippen molar-refractivity contribution in [3.8, 4) is 11.4 Å². The van der Waals surface area contributed by atoms with Crippen molar-refractivity contribution in [3.63, 3.8) is 0 Å². The van der Waals surface area contributed by atoms with Gasteiger partial charge in [0, 0.05) is 6.20 Å². The largest absolute Gasteiger partial charge is 0.360 e. The molecule has 1 aliphatic heterocycles. The van der Waals surface area contributed by atoms with Gasteiger partial charge in [0.15, 0.2) is 6.29 Å². The average Bonchev–Trinajstić information content (AvgIpc) is 3.00. The molecular formula is C15H20N2O2. The minimum atomic E-state index is -0.339. The quantitative estimate of drug-likeness (QED) is 0.866. The molecule has 0 atom stereocenters. The van der Waals surface area contributed by atoms with Crippen molar-refractivity contribution in [1.82, 2.24) is 9.97 Å². The van der Waals surface area contributed by atoms with Crippen LogP contribution in [0.2, 0.25) is 0 Å². The second-order valence-electron chi connectivity index (χ2n) is 6.00. The molecule has 3 rings (SSSR count). The molecule has 3 heterocycles. The van der Waals surface area contributed by atoms with Crippen LogP contribution in [0.15, 0.2) is 30.5 Å². The Morgan fingerprint density at radius 3 is 2.21 bits per heavy atom. The first-order valence-corrected chi connectivity index (χ1v) is 6.57.